The van der Waals surface area contributed by atoms with Crippen LogP contribution in [-0.4, -0.2) is 36.9 Å². The Labute approximate surface area is 177 Å². The van der Waals surface area contributed by atoms with Gasteiger partial charge in [0.25, 0.3) is 5.91 Å². The van der Waals surface area contributed by atoms with Gasteiger partial charge >= 0.3 is 5.97 Å². The molecule has 0 fully saturated rings. The fourth-order valence-electron chi connectivity index (χ4n) is 2.38. The summed E-state index contributed by atoms with van der Waals surface area (Å²) in [7, 11) is 1.44. The second-order valence-electron chi connectivity index (χ2n) is 5.71. The number of carbonyl (C=O) groups is 2. The molecule has 0 spiro atoms. The maximum absolute atomic E-state index is 12.2. The third-order valence-electron chi connectivity index (χ3n) is 3.64. The highest BCUT2D eigenvalue weighted by Crippen LogP contribution is 2.33. The number of carboxylic acid groups (broad SMARTS) is 1. The van der Waals surface area contributed by atoms with E-state index in [1.807, 2.05) is 0 Å². The molecule has 0 aliphatic carbocycles. The summed E-state index contributed by atoms with van der Waals surface area (Å²) in [5.41, 5.74) is 3.97. The lowest BCUT2D eigenvalue weighted by atomic mass is 10.1. The molecule has 2 rings (SSSR count). The molecule has 0 unspecified atom stereocenters. The minimum Gasteiger partial charge on any atom is -0.493 e. The average molecular weight is 437 g/mol. The fraction of sp³-hybridized carbons (Fsp3) is 0.150. The van der Waals surface area contributed by atoms with Crippen molar-refractivity contribution in [2.45, 2.75) is 6.42 Å². The smallest absolute Gasteiger partial charge is 0.341 e. The van der Waals surface area contributed by atoms with Crippen molar-refractivity contribution in [3.8, 4) is 11.5 Å². The predicted molar refractivity (Wildman–Crippen MR) is 112 cm³/mol. The minimum atomic E-state index is -1.10. The number of halogens is 2. The zero-order valence-corrected chi connectivity index (χ0v) is 17.0. The fourth-order valence-corrected chi connectivity index (χ4v) is 2.68. The molecule has 9 heteroatoms. The van der Waals surface area contributed by atoms with Gasteiger partial charge in [-0.25, -0.2) is 10.2 Å². The van der Waals surface area contributed by atoms with Crippen molar-refractivity contribution in [1.82, 2.24) is 5.43 Å². The monoisotopic (exact) mass is 436 g/mol. The summed E-state index contributed by atoms with van der Waals surface area (Å²) in [4.78, 5) is 23.0. The lowest BCUT2D eigenvalue weighted by Crippen LogP contribution is -2.17. The topological polar surface area (TPSA) is 97.2 Å². The van der Waals surface area contributed by atoms with E-state index in [0.717, 1.165) is 0 Å². The van der Waals surface area contributed by atoms with Crippen LogP contribution in [0.1, 0.15) is 21.5 Å². The molecule has 0 saturated carbocycles. The van der Waals surface area contributed by atoms with Gasteiger partial charge in [0, 0.05) is 11.1 Å². The van der Waals surface area contributed by atoms with Crippen LogP contribution in [0.15, 0.2) is 48.1 Å². The van der Waals surface area contributed by atoms with E-state index in [0.29, 0.717) is 39.6 Å². The summed E-state index contributed by atoms with van der Waals surface area (Å²) in [5.74, 6) is -0.915. The lowest BCUT2D eigenvalue weighted by molar-refractivity contribution is -0.139. The van der Waals surface area contributed by atoms with Gasteiger partial charge in [-0.15, -0.1) is 6.58 Å². The van der Waals surface area contributed by atoms with E-state index in [2.05, 4.69) is 17.1 Å². The molecule has 29 heavy (non-hydrogen) atoms. The number of carbonyl (C=O) groups excluding carboxylic acids is 1. The van der Waals surface area contributed by atoms with E-state index in [1.54, 1.807) is 18.2 Å². The Morgan fingerprint density at radius 1 is 1.24 bits per heavy atom. The molecule has 0 radical (unpaired) electrons. The molecule has 2 aromatic rings. The molecule has 0 aromatic heterocycles. The summed E-state index contributed by atoms with van der Waals surface area (Å²) >= 11 is 11.7. The summed E-state index contributed by atoms with van der Waals surface area (Å²) in [6.45, 7) is 3.18. The second kappa shape index (κ2) is 10.5. The molecular formula is C20H18Cl2N2O5. The number of benzene rings is 2. The predicted octanol–water partition coefficient (Wildman–Crippen LogP) is 3.96. The first kappa shape index (κ1) is 22.3. The number of amides is 1. The minimum absolute atomic E-state index is 0.263. The summed E-state index contributed by atoms with van der Waals surface area (Å²) in [6.07, 6.45) is 3.49. The number of ether oxygens (including phenoxy) is 2. The van der Waals surface area contributed by atoms with Crippen LogP contribution in [0.3, 0.4) is 0 Å². The van der Waals surface area contributed by atoms with Crippen molar-refractivity contribution in [1.29, 1.82) is 0 Å². The molecule has 0 bridgehead atoms. The highest BCUT2D eigenvalue weighted by Gasteiger charge is 2.14. The van der Waals surface area contributed by atoms with Crippen LogP contribution >= 0.6 is 23.2 Å². The highest BCUT2D eigenvalue weighted by atomic mass is 35.5. The number of methoxy groups -OCH3 is 1. The number of hydrogen-bond donors (Lipinski definition) is 2. The first-order valence-electron chi connectivity index (χ1n) is 8.30. The van der Waals surface area contributed by atoms with E-state index >= 15 is 0 Å². The third kappa shape index (κ3) is 6.23. The van der Waals surface area contributed by atoms with Crippen LogP contribution in [-0.2, 0) is 11.2 Å². The van der Waals surface area contributed by atoms with Crippen molar-refractivity contribution < 1.29 is 24.2 Å². The second-order valence-corrected chi connectivity index (χ2v) is 6.53. The maximum atomic E-state index is 12.2. The van der Waals surface area contributed by atoms with E-state index in [9.17, 15) is 9.59 Å². The molecule has 2 N–H and O–H groups in total. The number of nitrogens with zero attached hydrogens (tertiary/aromatic N) is 1. The maximum Gasteiger partial charge on any atom is 0.341 e. The molecular weight excluding hydrogens is 419 g/mol. The number of rotatable bonds is 9. The van der Waals surface area contributed by atoms with Crippen molar-refractivity contribution in [2.75, 3.05) is 13.7 Å². The van der Waals surface area contributed by atoms with Gasteiger partial charge in [-0.05, 0) is 42.3 Å². The van der Waals surface area contributed by atoms with Crippen molar-refractivity contribution in [3.63, 3.8) is 0 Å². The van der Waals surface area contributed by atoms with Crippen molar-refractivity contribution >= 4 is 41.3 Å². The Morgan fingerprint density at radius 2 is 2.00 bits per heavy atom. The Bertz CT molecular complexity index is 960. The molecule has 152 valence electrons. The lowest BCUT2D eigenvalue weighted by Gasteiger charge is -2.14. The van der Waals surface area contributed by atoms with Crippen molar-refractivity contribution in [2.24, 2.45) is 5.10 Å². The van der Waals surface area contributed by atoms with E-state index in [-0.39, 0.29) is 5.02 Å². The van der Waals surface area contributed by atoms with Gasteiger partial charge in [-0.3, -0.25) is 4.79 Å². The van der Waals surface area contributed by atoms with Gasteiger partial charge in [0.1, 0.15) is 0 Å². The molecule has 0 aliphatic heterocycles. The Kier molecular flexibility index (Phi) is 8.06. The Balaban J connectivity index is 2.21. The van der Waals surface area contributed by atoms with Gasteiger partial charge in [0.05, 0.1) is 23.4 Å². The number of hydrazone groups is 1. The number of nitrogens with one attached hydrogen (secondary N) is 1. The standard InChI is InChI=1S/C20H18Cl2N2O5/c1-3-4-13-7-12(8-17(28-2)19(13)29-11-18(25)26)10-23-24-20(27)14-5-6-15(21)16(22)9-14/h3,5-10H,1,4,11H2,2H3,(H,24,27)(H,25,26)/b23-10-. The SMILES string of the molecule is C=CCc1cc(/C=N\NC(=O)c2ccc(Cl)c(Cl)c2)cc(OC)c1OCC(=O)O. The van der Waals surface area contributed by atoms with Crippen LogP contribution in [0, 0.1) is 0 Å². The van der Waals surface area contributed by atoms with Crippen LogP contribution in [0.25, 0.3) is 0 Å². The van der Waals surface area contributed by atoms with Gasteiger partial charge in [0.15, 0.2) is 18.1 Å². The third-order valence-corrected chi connectivity index (χ3v) is 4.38. The molecule has 0 atom stereocenters. The van der Waals surface area contributed by atoms with Crippen LogP contribution in [0.5, 0.6) is 11.5 Å². The first-order chi connectivity index (χ1) is 13.8. The molecule has 0 heterocycles. The zero-order valence-electron chi connectivity index (χ0n) is 15.4. The average Bonchev–Trinajstić information content (AvgIpc) is 2.68. The van der Waals surface area contributed by atoms with Crippen molar-refractivity contribution in [3.05, 3.63) is 69.7 Å². The number of carboxylic acids is 1. The van der Waals surface area contributed by atoms with Crippen LogP contribution in [0.2, 0.25) is 10.0 Å². The van der Waals surface area contributed by atoms with Crippen LogP contribution in [0.4, 0.5) is 0 Å². The Morgan fingerprint density at radius 3 is 2.62 bits per heavy atom. The number of allylic oxidation sites excluding steroid dienone is 1. The number of aliphatic carboxylic acids is 1. The first-order valence-corrected chi connectivity index (χ1v) is 9.06. The van der Waals surface area contributed by atoms with Gasteiger partial charge in [0.2, 0.25) is 0 Å². The normalized spacial score (nSPS) is 10.6. The zero-order chi connectivity index (χ0) is 21.4. The summed E-state index contributed by atoms with van der Waals surface area (Å²) < 4.78 is 10.6. The molecule has 1 amide bonds. The number of hydrogen-bond acceptors (Lipinski definition) is 5. The van der Waals surface area contributed by atoms with E-state index in [1.165, 1.54) is 31.5 Å². The van der Waals surface area contributed by atoms with Gasteiger partial charge < -0.3 is 14.6 Å². The van der Waals surface area contributed by atoms with Gasteiger partial charge in [-0.2, -0.15) is 5.10 Å². The summed E-state index contributed by atoms with van der Waals surface area (Å²) in [5, 5.41) is 13.4. The molecule has 0 aliphatic rings. The quantitative estimate of drug-likeness (QED) is 0.352. The van der Waals surface area contributed by atoms with Crippen LogP contribution < -0.4 is 14.9 Å². The molecule has 7 nitrogen and oxygen atoms in total. The van der Waals surface area contributed by atoms with E-state index < -0.39 is 18.5 Å². The molecule has 0 saturated heterocycles. The molecule has 2 aromatic carbocycles. The highest BCUT2D eigenvalue weighted by molar-refractivity contribution is 6.42. The largest absolute Gasteiger partial charge is 0.493 e. The summed E-state index contributed by atoms with van der Waals surface area (Å²) in [6, 6.07) is 7.83. The van der Waals surface area contributed by atoms with Gasteiger partial charge in [-0.1, -0.05) is 29.3 Å². The Hall–Kier alpha value is -3.03. The van der Waals surface area contributed by atoms with E-state index in [4.69, 9.17) is 37.8 Å².